The molecule has 2 saturated heterocycles. The molecule has 3 heterocycles. The summed E-state index contributed by atoms with van der Waals surface area (Å²) >= 11 is 0. The Hall–Kier alpha value is -2.84. The molecule has 1 amide bonds. The number of hydrogen-bond donors (Lipinski definition) is 1. The van der Waals surface area contributed by atoms with Crippen molar-refractivity contribution in [1.29, 1.82) is 0 Å². The number of piperidine rings is 1. The first-order chi connectivity index (χ1) is 14.5. The van der Waals surface area contributed by atoms with Gasteiger partial charge in [0.25, 0.3) is 0 Å². The van der Waals surface area contributed by atoms with Gasteiger partial charge >= 0.3 is 6.09 Å². The number of benzene rings is 1. The summed E-state index contributed by atoms with van der Waals surface area (Å²) in [5.41, 5.74) is 0.315. The molecule has 4 rings (SSSR count). The second kappa shape index (κ2) is 8.49. The fraction of sp³-hybridized carbons (Fsp3) is 0.455. The molecule has 0 saturated carbocycles. The minimum atomic E-state index is -1.19. The maximum absolute atomic E-state index is 12.9. The Morgan fingerprint density at radius 2 is 1.83 bits per heavy atom. The Bertz CT molecular complexity index is 876. The summed E-state index contributed by atoms with van der Waals surface area (Å²) in [6, 6.07) is 12.4. The monoisotopic (exact) mass is 414 g/mol. The second-order valence-electron chi connectivity index (χ2n) is 7.64. The zero-order valence-electron chi connectivity index (χ0n) is 17.1. The van der Waals surface area contributed by atoms with Crippen LogP contribution in [0.15, 0.2) is 42.5 Å². The highest BCUT2D eigenvalue weighted by Gasteiger charge is 2.50. The van der Waals surface area contributed by atoms with Crippen molar-refractivity contribution < 1.29 is 28.8 Å². The molecule has 2 bridgehead atoms. The molecule has 2 unspecified atom stereocenters. The fourth-order valence-corrected chi connectivity index (χ4v) is 4.34. The van der Waals surface area contributed by atoms with Crippen molar-refractivity contribution in [2.24, 2.45) is 0 Å². The van der Waals surface area contributed by atoms with Crippen molar-refractivity contribution in [1.82, 2.24) is 9.88 Å². The summed E-state index contributed by atoms with van der Waals surface area (Å²) in [7, 11) is 3.03. The van der Waals surface area contributed by atoms with Gasteiger partial charge in [-0.25, -0.2) is 4.79 Å². The summed E-state index contributed by atoms with van der Waals surface area (Å²) in [4.78, 5) is 18.9. The lowest BCUT2D eigenvalue weighted by Gasteiger charge is -2.50. The number of carbonyl (C=O) groups is 1. The van der Waals surface area contributed by atoms with E-state index in [-0.39, 0.29) is 24.8 Å². The molecular weight excluding hydrogens is 388 g/mol. The Morgan fingerprint density at radius 1 is 1.13 bits per heavy atom. The summed E-state index contributed by atoms with van der Waals surface area (Å²) in [5, 5.41) is 11.5. The predicted octanol–water partition coefficient (Wildman–Crippen LogP) is 2.49. The highest BCUT2D eigenvalue weighted by atomic mass is 16.6. The number of hydrogen-bond acceptors (Lipinski definition) is 7. The van der Waals surface area contributed by atoms with Gasteiger partial charge < -0.3 is 24.1 Å². The van der Waals surface area contributed by atoms with Gasteiger partial charge in [0.15, 0.2) is 0 Å². The summed E-state index contributed by atoms with van der Waals surface area (Å²) in [6.45, 7) is 0.882. The van der Waals surface area contributed by atoms with E-state index in [0.29, 0.717) is 43.4 Å². The lowest BCUT2D eigenvalue weighted by atomic mass is 9.77. The minimum absolute atomic E-state index is 0.205. The van der Waals surface area contributed by atoms with E-state index in [1.54, 1.807) is 17.0 Å². The third-order valence-corrected chi connectivity index (χ3v) is 5.71. The second-order valence-corrected chi connectivity index (χ2v) is 7.64. The highest BCUT2D eigenvalue weighted by molar-refractivity contribution is 5.69. The van der Waals surface area contributed by atoms with Gasteiger partial charge in [-0.05, 0) is 11.6 Å². The number of pyridine rings is 1. The average molecular weight is 414 g/mol. The van der Waals surface area contributed by atoms with Crippen LogP contribution in [-0.4, -0.2) is 60.6 Å². The predicted molar refractivity (Wildman–Crippen MR) is 107 cm³/mol. The van der Waals surface area contributed by atoms with Gasteiger partial charge in [0, 0.05) is 24.5 Å². The van der Waals surface area contributed by atoms with Crippen LogP contribution >= 0.6 is 0 Å². The van der Waals surface area contributed by atoms with Crippen molar-refractivity contribution in [3.63, 3.8) is 0 Å². The molecule has 2 aromatic rings. The van der Waals surface area contributed by atoms with Gasteiger partial charge in [0.2, 0.25) is 11.8 Å². The first-order valence-electron chi connectivity index (χ1n) is 9.92. The number of morpholine rings is 1. The number of rotatable bonds is 5. The number of nitrogens with zero attached hydrogens (tertiary/aromatic N) is 2. The van der Waals surface area contributed by atoms with Crippen LogP contribution in [-0.2, 0) is 21.7 Å². The van der Waals surface area contributed by atoms with Gasteiger partial charge in [0.1, 0.15) is 6.61 Å². The average Bonchev–Trinajstić information content (AvgIpc) is 2.77. The molecule has 8 nitrogen and oxygen atoms in total. The maximum atomic E-state index is 12.9. The normalized spacial score (nSPS) is 25.5. The van der Waals surface area contributed by atoms with E-state index in [9.17, 15) is 9.90 Å². The van der Waals surface area contributed by atoms with E-state index in [1.165, 1.54) is 14.2 Å². The van der Waals surface area contributed by atoms with Gasteiger partial charge in [-0.3, -0.25) is 4.90 Å². The lowest BCUT2D eigenvalue weighted by Crippen LogP contribution is -2.62. The molecule has 1 N–H and O–H groups in total. The molecule has 0 spiro atoms. The number of carbonyl (C=O) groups excluding carboxylic acids is 1. The van der Waals surface area contributed by atoms with Crippen molar-refractivity contribution in [2.45, 2.75) is 37.1 Å². The molecule has 2 aliphatic rings. The standard InChI is InChI=1S/C22H26N2O6/c1-27-19-9-8-18(20(23-19)28-2)22(26)10-16-13-29-14-17(11-22)24(16)21(25)30-12-15-6-4-3-5-7-15/h3-9,16-17,26H,10-14H2,1-2H3. The van der Waals surface area contributed by atoms with E-state index < -0.39 is 5.60 Å². The summed E-state index contributed by atoms with van der Waals surface area (Å²) < 4.78 is 21.8. The number of methoxy groups -OCH3 is 2. The highest BCUT2D eigenvalue weighted by Crippen LogP contribution is 2.44. The van der Waals surface area contributed by atoms with Crippen LogP contribution < -0.4 is 9.47 Å². The SMILES string of the molecule is COc1ccc(C2(O)CC3COCC(C2)N3C(=O)OCc2ccccc2)c(OC)n1. The molecule has 0 aliphatic carbocycles. The molecule has 2 aliphatic heterocycles. The molecule has 8 heteroatoms. The Labute approximate surface area is 175 Å². The van der Waals surface area contributed by atoms with Crippen LogP contribution in [0.4, 0.5) is 4.79 Å². The maximum Gasteiger partial charge on any atom is 0.410 e. The lowest BCUT2D eigenvalue weighted by molar-refractivity contribution is -0.137. The van der Waals surface area contributed by atoms with Crippen molar-refractivity contribution >= 4 is 6.09 Å². The number of fused-ring (bicyclic) bond motifs is 2. The molecule has 2 fully saturated rings. The summed E-state index contributed by atoms with van der Waals surface area (Å²) in [6.07, 6.45) is 0.210. The van der Waals surface area contributed by atoms with Crippen LogP contribution in [0.1, 0.15) is 24.0 Å². The topological polar surface area (TPSA) is 90.4 Å². The van der Waals surface area contributed by atoms with Crippen molar-refractivity contribution in [2.75, 3.05) is 27.4 Å². The Kier molecular flexibility index (Phi) is 5.78. The molecule has 1 aromatic carbocycles. The smallest absolute Gasteiger partial charge is 0.410 e. The first kappa shape index (κ1) is 20.4. The third kappa shape index (κ3) is 3.93. The van der Waals surface area contributed by atoms with Crippen molar-refractivity contribution in [3.05, 3.63) is 53.6 Å². The quantitative estimate of drug-likeness (QED) is 0.804. The van der Waals surface area contributed by atoms with Crippen LogP contribution in [0, 0.1) is 0 Å². The molecule has 30 heavy (non-hydrogen) atoms. The van der Waals surface area contributed by atoms with Crippen LogP contribution in [0.5, 0.6) is 11.8 Å². The number of ether oxygens (including phenoxy) is 4. The van der Waals surface area contributed by atoms with E-state index in [4.69, 9.17) is 18.9 Å². The number of amides is 1. The van der Waals surface area contributed by atoms with Crippen LogP contribution in [0.25, 0.3) is 0 Å². The van der Waals surface area contributed by atoms with Gasteiger partial charge in [-0.1, -0.05) is 30.3 Å². The fourth-order valence-electron chi connectivity index (χ4n) is 4.34. The number of aromatic nitrogens is 1. The van der Waals surface area contributed by atoms with E-state index >= 15 is 0 Å². The van der Waals surface area contributed by atoms with E-state index in [0.717, 1.165) is 5.56 Å². The zero-order chi connectivity index (χ0) is 21.1. The largest absolute Gasteiger partial charge is 0.481 e. The van der Waals surface area contributed by atoms with Gasteiger partial charge in [-0.15, -0.1) is 0 Å². The molecule has 2 atom stereocenters. The summed E-state index contributed by atoms with van der Waals surface area (Å²) in [5.74, 6) is 0.723. The third-order valence-electron chi connectivity index (χ3n) is 5.71. The first-order valence-corrected chi connectivity index (χ1v) is 9.92. The molecule has 0 radical (unpaired) electrons. The minimum Gasteiger partial charge on any atom is -0.481 e. The van der Waals surface area contributed by atoms with Crippen molar-refractivity contribution in [3.8, 4) is 11.8 Å². The van der Waals surface area contributed by atoms with E-state index in [1.807, 2.05) is 30.3 Å². The van der Waals surface area contributed by atoms with Gasteiger partial charge in [-0.2, -0.15) is 4.98 Å². The van der Waals surface area contributed by atoms with Crippen LogP contribution in [0.3, 0.4) is 0 Å². The van der Waals surface area contributed by atoms with E-state index in [2.05, 4.69) is 4.98 Å². The molecular formula is C22H26N2O6. The molecule has 160 valence electrons. The Balaban J connectivity index is 1.52. The van der Waals surface area contributed by atoms with Gasteiger partial charge in [0.05, 0.1) is 45.1 Å². The molecule has 1 aromatic heterocycles. The van der Waals surface area contributed by atoms with Crippen LogP contribution in [0.2, 0.25) is 0 Å². The number of aliphatic hydroxyl groups is 1. The zero-order valence-corrected chi connectivity index (χ0v) is 17.1. The Morgan fingerprint density at radius 3 is 2.47 bits per heavy atom.